The van der Waals surface area contributed by atoms with Gasteiger partial charge in [-0.1, -0.05) is 0 Å². The maximum Gasteiger partial charge on any atom is 0.105 e. The van der Waals surface area contributed by atoms with Gasteiger partial charge in [-0.15, -0.1) is 0 Å². The second-order valence-electron chi connectivity index (χ2n) is 5.09. The third-order valence-corrected chi connectivity index (χ3v) is 5.83. The normalized spacial score (nSPS) is 29.6. The minimum atomic E-state index is -0.631. The first-order valence-electron chi connectivity index (χ1n) is 6.68. The number of hydrogen-bond acceptors (Lipinski definition) is 3. The standard InChI is InChI=1S/C13H23N3OS/c1-11-12(2)18(17)10-9-15(11)6-4-7-16-8-5-14-13(16)3/h5,8,11-12H,4,6-7,9-10H2,1-3H3/t11-,12-,18-/m0/s1. The minimum Gasteiger partial charge on any atom is -0.335 e. The van der Waals surface area contributed by atoms with E-state index in [0.29, 0.717) is 11.3 Å². The van der Waals surface area contributed by atoms with E-state index in [2.05, 4.69) is 28.3 Å². The molecule has 0 aromatic carbocycles. The molecule has 1 aromatic rings. The van der Waals surface area contributed by atoms with Crippen LogP contribution in [-0.2, 0) is 17.3 Å². The van der Waals surface area contributed by atoms with E-state index in [1.54, 1.807) is 0 Å². The lowest BCUT2D eigenvalue weighted by atomic mass is 10.2. The summed E-state index contributed by atoms with van der Waals surface area (Å²) >= 11 is 0. The van der Waals surface area contributed by atoms with E-state index in [0.717, 1.165) is 37.6 Å². The predicted octanol–water partition coefficient (Wildman–Crippen LogP) is 1.42. The molecular weight excluding hydrogens is 246 g/mol. The van der Waals surface area contributed by atoms with Gasteiger partial charge >= 0.3 is 0 Å². The zero-order valence-corrected chi connectivity index (χ0v) is 12.3. The third-order valence-electron chi connectivity index (χ3n) is 4.02. The molecule has 1 aromatic heterocycles. The predicted molar refractivity (Wildman–Crippen MR) is 75.1 cm³/mol. The zero-order chi connectivity index (χ0) is 13.1. The number of aromatic nitrogens is 2. The fourth-order valence-electron chi connectivity index (χ4n) is 2.51. The van der Waals surface area contributed by atoms with Crippen LogP contribution < -0.4 is 0 Å². The van der Waals surface area contributed by atoms with Crippen LogP contribution in [-0.4, -0.2) is 48.8 Å². The van der Waals surface area contributed by atoms with E-state index < -0.39 is 10.8 Å². The molecule has 1 saturated heterocycles. The summed E-state index contributed by atoms with van der Waals surface area (Å²) in [5.74, 6) is 1.91. The molecule has 0 saturated carbocycles. The number of aryl methyl sites for hydroxylation is 2. The highest BCUT2D eigenvalue weighted by molar-refractivity contribution is 7.85. The molecule has 0 bridgehead atoms. The van der Waals surface area contributed by atoms with E-state index in [1.165, 1.54) is 0 Å². The number of rotatable bonds is 4. The lowest BCUT2D eigenvalue weighted by molar-refractivity contribution is 0.204. The van der Waals surface area contributed by atoms with Gasteiger partial charge in [-0.2, -0.15) is 0 Å². The molecule has 0 radical (unpaired) electrons. The first-order valence-corrected chi connectivity index (χ1v) is 8.06. The lowest BCUT2D eigenvalue weighted by Gasteiger charge is -2.37. The second kappa shape index (κ2) is 5.97. The summed E-state index contributed by atoms with van der Waals surface area (Å²) in [7, 11) is -0.631. The largest absolute Gasteiger partial charge is 0.335 e. The van der Waals surface area contributed by atoms with Crippen molar-refractivity contribution in [3.05, 3.63) is 18.2 Å². The molecule has 0 N–H and O–H groups in total. The molecule has 5 heteroatoms. The van der Waals surface area contributed by atoms with Gasteiger partial charge < -0.3 is 4.57 Å². The van der Waals surface area contributed by atoms with Crippen LogP contribution in [0.4, 0.5) is 0 Å². The Morgan fingerprint density at radius 3 is 2.89 bits per heavy atom. The number of nitrogens with zero attached hydrogens (tertiary/aromatic N) is 3. The van der Waals surface area contributed by atoms with Crippen LogP contribution in [0.2, 0.25) is 0 Å². The van der Waals surface area contributed by atoms with E-state index in [4.69, 9.17) is 0 Å². The van der Waals surface area contributed by atoms with E-state index in [-0.39, 0.29) is 0 Å². The molecule has 0 aliphatic carbocycles. The highest BCUT2D eigenvalue weighted by atomic mass is 32.2. The third kappa shape index (κ3) is 3.01. The molecule has 2 rings (SSSR count). The molecule has 4 nitrogen and oxygen atoms in total. The van der Waals surface area contributed by atoms with Crippen molar-refractivity contribution in [1.82, 2.24) is 14.5 Å². The van der Waals surface area contributed by atoms with Crippen molar-refractivity contribution in [2.24, 2.45) is 0 Å². The van der Waals surface area contributed by atoms with Gasteiger partial charge in [-0.05, 0) is 27.2 Å². The van der Waals surface area contributed by atoms with E-state index in [1.807, 2.05) is 19.3 Å². The molecule has 0 unspecified atom stereocenters. The van der Waals surface area contributed by atoms with Crippen molar-refractivity contribution in [1.29, 1.82) is 0 Å². The van der Waals surface area contributed by atoms with Gasteiger partial charge in [0.25, 0.3) is 0 Å². The second-order valence-corrected chi connectivity index (χ2v) is 7.00. The van der Waals surface area contributed by atoms with Gasteiger partial charge in [0.1, 0.15) is 5.82 Å². The quantitative estimate of drug-likeness (QED) is 0.830. The topological polar surface area (TPSA) is 38.1 Å². The van der Waals surface area contributed by atoms with Crippen LogP contribution in [0.25, 0.3) is 0 Å². The average molecular weight is 269 g/mol. The average Bonchev–Trinajstić information content (AvgIpc) is 2.75. The Morgan fingerprint density at radius 2 is 2.22 bits per heavy atom. The Balaban J connectivity index is 1.80. The first-order chi connectivity index (χ1) is 8.59. The SMILES string of the molecule is Cc1nccn1CCCN1CC[S@](=O)[C@@H](C)[C@@H]1C. The van der Waals surface area contributed by atoms with Crippen LogP contribution in [0.5, 0.6) is 0 Å². The van der Waals surface area contributed by atoms with Crippen molar-refractivity contribution in [3.8, 4) is 0 Å². The summed E-state index contributed by atoms with van der Waals surface area (Å²) in [6.07, 6.45) is 5.01. The van der Waals surface area contributed by atoms with Gasteiger partial charge in [0.15, 0.2) is 0 Å². The van der Waals surface area contributed by atoms with Crippen LogP contribution in [0.3, 0.4) is 0 Å². The van der Waals surface area contributed by atoms with E-state index in [9.17, 15) is 4.21 Å². The minimum absolute atomic E-state index is 0.300. The van der Waals surface area contributed by atoms with Gasteiger partial charge in [0.2, 0.25) is 0 Å². The van der Waals surface area contributed by atoms with Crippen LogP contribution >= 0.6 is 0 Å². The van der Waals surface area contributed by atoms with Crippen molar-refractivity contribution in [2.45, 2.75) is 45.0 Å². The smallest absolute Gasteiger partial charge is 0.105 e. The Kier molecular flexibility index (Phi) is 4.56. The van der Waals surface area contributed by atoms with Gasteiger partial charge in [-0.25, -0.2) is 4.98 Å². The summed E-state index contributed by atoms with van der Waals surface area (Å²) in [5, 5.41) is 0.300. The summed E-state index contributed by atoms with van der Waals surface area (Å²) in [6.45, 7) is 9.42. The molecule has 1 aliphatic rings. The fourth-order valence-corrected chi connectivity index (χ4v) is 3.91. The Labute approximate surface area is 112 Å². The summed E-state index contributed by atoms with van der Waals surface area (Å²) in [4.78, 5) is 6.70. The monoisotopic (exact) mass is 269 g/mol. The van der Waals surface area contributed by atoms with Crippen molar-refractivity contribution < 1.29 is 4.21 Å². The molecule has 1 fully saturated rings. The number of imidazole rings is 1. The van der Waals surface area contributed by atoms with Gasteiger partial charge in [-0.3, -0.25) is 9.11 Å². The first kappa shape index (κ1) is 13.7. The van der Waals surface area contributed by atoms with Crippen LogP contribution in [0.1, 0.15) is 26.1 Å². The maximum atomic E-state index is 11.7. The van der Waals surface area contributed by atoms with Crippen molar-refractivity contribution in [2.75, 3.05) is 18.8 Å². The maximum absolute atomic E-state index is 11.7. The summed E-state index contributed by atoms with van der Waals surface area (Å²) < 4.78 is 13.9. The van der Waals surface area contributed by atoms with Gasteiger partial charge in [0, 0.05) is 59.9 Å². The molecule has 2 heterocycles. The Morgan fingerprint density at radius 1 is 1.44 bits per heavy atom. The Bertz CT molecular complexity index is 418. The molecule has 102 valence electrons. The molecular formula is C13H23N3OS. The summed E-state index contributed by atoms with van der Waals surface area (Å²) in [6, 6.07) is 0.434. The number of hydrogen-bond donors (Lipinski definition) is 0. The molecule has 1 aliphatic heterocycles. The fraction of sp³-hybridized carbons (Fsp3) is 0.769. The molecule has 18 heavy (non-hydrogen) atoms. The molecule has 3 atom stereocenters. The van der Waals surface area contributed by atoms with Crippen molar-refractivity contribution >= 4 is 10.8 Å². The molecule has 0 spiro atoms. The van der Waals surface area contributed by atoms with Gasteiger partial charge in [0.05, 0.1) is 0 Å². The molecule has 0 amide bonds. The van der Waals surface area contributed by atoms with E-state index >= 15 is 0 Å². The summed E-state index contributed by atoms with van der Waals surface area (Å²) in [5.41, 5.74) is 0. The highest BCUT2D eigenvalue weighted by Gasteiger charge is 2.29. The highest BCUT2D eigenvalue weighted by Crippen LogP contribution is 2.16. The lowest BCUT2D eigenvalue weighted by Crippen LogP contribution is -2.50. The van der Waals surface area contributed by atoms with Crippen LogP contribution in [0.15, 0.2) is 12.4 Å². The van der Waals surface area contributed by atoms with Crippen molar-refractivity contribution in [3.63, 3.8) is 0 Å². The zero-order valence-electron chi connectivity index (χ0n) is 11.5. The van der Waals surface area contributed by atoms with Crippen LogP contribution in [0, 0.1) is 6.92 Å². The Hall–Kier alpha value is -0.680.